The highest BCUT2D eigenvalue weighted by Gasteiger charge is 2.51. The van der Waals surface area contributed by atoms with E-state index in [1.165, 1.54) is 12.1 Å². The van der Waals surface area contributed by atoms with Crippen LogP contribution in [-0.4, -0.2) is 67.0 Å². The van der Waals surface area contributed by atoms with Gasteiger partial charge in [-0.25, -0.2) is 22.4 Å². The predicted octanol–water partition coefficient (Wildman–Crippen LogP) is 3.07. The molecule has 1 unspecified atom stereocenters. The van der Waals surface area contributed by atoms with Gasteiger partial charge in [0.1, 0.15) is 11.5 Å². The molecule has 1 atom stereocenters. The van der Waals surface area contributed by atoms with Crippen LogP contribution in [-0.2, 0) is 20.3 Å². The molecule has 1 spiro atoms. The molecule has 0 saturated carbocycles. The molecule has 2 aliphatic heterocycles. The van der Waals surface area contributed by atoms with Crippen molar-refractivity contribution in [2.24, 2.45) is 0 Å². The summed E-state index contributed by atoms with van der Waals surface area (Å²) in [6.45, 7) is 3.44. The molecule has 3 N–H and O–H groups in total. The van der Waals surface area contributed by atoms with E-state index in [1.54, 1.807) is 17.0 Å². The van der Waals surface area contributed by atoms with E-state index >= 15 is 0 Å². The van der Waals surface area contributed by atoms with Gasteiger partial charge in [0.15, 0.2) is 15.4 Å². The topological polar surface area (TPSA) is 129 Å². The van der Waals surface area contributed by atoms with Crippen molar-refractivity contribution in [3.8, 4) is 11.1 Å². The molecule has 3 aromatic rings. The van der Waals surface area contributed by atoms with Gasteiger partial charge in [0.05, 0.1) is 23.9 Å². The molecular formula is C24H24FN3O6S. The van der Waals surface area contributed by atoms with Gasteiger partial charge in [-0.1, -0.05) is 30.3 Å². The first-order chi connectivity index (χ1) is 16.5. The van der Waals surface area contributed by atoms with Crippen LogP contribution in [0.1, 0.15) is 34.6 Å². The SMILES string of the molecule is CC(c1cccc2c(-c3ccc(CS(C)(=O)=O)c(F)c3)c(C(=O)O)[nH]c12)N1CC2(CNC2)OC1=O. The minimum absolute atomic E-state index is 0.00855. The third-order valence-corrected chi connectivity index (χ3v) is 7.48. The molecule has 0 radical (unpaired) electrons. The Bertz CT molecular complexity index is 1480. The zero-order chi connectivity index (χ0) is 25.1. The monoisotopic (exact) mass is 501 g/mol. The zero-order valence-corrected chi connectivity index (χ0v) is 19.9. The summed E-state index contributed by atoms with van der Waals surface area (Å²) in [6.07, 6.45) is 0.592. The molecule has 2 fully saturated rings. The number of halogens is 1. The van der Waals surface area contributed by atoms with Crippen molar-refractivity contribution in [1.82, 2.24) is 15.2 Å². The average molecular weight is 502 g/mol. The van der Waals surface area contributed by atoms with Crippen LogP contribution in [0.15, 0.2) is 36.4 Å². The first-order valence-electron chi connectivity index (χ1n) is 11.0. The molecule has 184 valence electrons. The lowest BCUT2D eigenvalue weighted by molar-refractivity contribution is 0.0140. The zero-order valence-electron chi connectivity index (χ0n) is 19.1. The lowest BCUT2D eigenvalue weighted by Crippen LogP contribution is -2.61. The van der Waals surface area contributed by atoms with E-state index in [1.807, 2.05) is 13.0 Å². The quantitative estimate of drug-likeness (QED) is 0.473. The summed E-state index contributed by atoms with van der Waals surface area (Å²) >= 11 is 0. The number of hydrogen-bond acceptors (Lipinski definition) is 6. The molecule has 0 bridgehead atoms. The highest BCUT2D eigenvalue weighted by molar-refractivity contribution is 7.89. The summed E-state index contributed by atoms with van der Waals surface area (Å²) in [6, 6.07) is 8.91. The predicted molar refractivity (Wildman–Crippen MR) is 126 cm³/mol. The molecular weight excluding hydrogens is 477 g/mol. The van der Waals surface area contributed by atoms with Crippen molar-refractivity contribution in [1.29, 1.82) is 0 Å². The van der Waals surface area contributed by atoms with E-state index in [9.17, 15) is 27.5 Å². The van der Waals surface area contributed by atoms with Gasteiger partial charge in [-0.05, 0) is 24.1 Å². The van der Waals surface area contributed by atoms with Crippen LogP contribution in [0.25, 0.3) is 22.0 Å². The summed E-state index contributed by atoms with van der Waals surface area (Å²) in [4.78, 5) is 29.3. The van der Waals surface area contributed by atoms with Gasteiger partial charge in [0.2, 0.25) is 0 Å². The number of ether oxygens (including phenoxy) is 1. The Kier molecular flexibility index (Phi) is 5.37. The first kappa shape index (κ1) is 23.3. The number of para-hydroxylation sites is 1. The number of carbonyl (C=O) groups excluding carboxylic acids is 1. The van der Waals surface area contributed by atoms with Gasteiger partial charge < -0.3 is 20.1 Å². The third-order valence-electron chi connectivity index (χ3n) is 6.65. The number of aromatic carboxylic acids is 1. The Labute approximate surface area is 200 Å². The highest BCUT2D eigenvalue weighted by Crippen LogP contribution is 2.39. The largest absolute Gasteiger partial charge is 0.477 e. The fourth-order valence-electron chi connectivity index (χ4n) is 4.85. The number of carboxylic acid groups (broad SMARTS) is 1. The second kappa shape index (κ2) is 8.06. The van der Waals surface area contributed by atoms with E-state index in [2.05, 4.69) is 10.3 Å². The van der Waals surface area contributed by atoms with E-state index in [-0.39, 0.29) is 16.8 Å². The van der Waals surface area contributed by atoms with Crippen LogP contribution in [0.2, 0.25) is 0 Å². The molecule has 2 aliphatic rings. The number of hydrogen-bond donors (Lipinski definition) is 3. The van der Waals surface area contributed by atoms with Crippen molar-refractivity contribution < 1.29 is 32.2 Å². The minimum Gasteiger partial charge on any atom is -0.477 e. The molecule has 1 amide bonds. The van der Waals surface area contributed by atoms with E-state index in [0.29, 0.717) is 41.7 Å². The van der Waals surface area contributed by atoms with Gasteiger partial charge >= 0.3 is 12.1 Å². The fourth-order valence-corrected chi connectivity index (χ4v) is 5.65. The number of benzene rings is 2. The van der Waals surface area contributed by atoms with Crippen molar-refractivity contribution in [2.75, 3.05) is 25.9 Å². The Hall–Kier alpha value is -3.44. The van der Waals surface area contributed by atoms with Crippen molar-refractivity contribution >= 4 is 32.8 Å². The maximum atomic E-state index is 14.8. The van der Waals surface area contributed by atoms with E-state index in [0.717, 1.165) is 12.3 Å². The van der Waals surface area contributed by atoms with Gasteiger partial charge in [-0.2, -0.15) is 0 Å². The van der Waals surface area contributed by atoms with E-state index in [4.69, 9.17) is 4.74 Å². The second-order valence-corrected chi connectivity index (χ2v) is 11.4. The van der Waals surface area contributed by atoms with Crippen LogP contribution in [0, 0.1) is 5.82 Å². The van der Waals surface area contributed by atoms with Crippen LogP contribution >= 0.6 is 0 Å². The van der Waals surface area contributed by atoms with Crippen LogP contribution < -0.4 is 5.32 Å². The minimum atomic E-state index is -3.44. The lowest BCUT2D eigenvalue weighted by atomic mass is 9.95. The maximum absolute atomic E-state index is 14.8. The molecule has 2 saturated heterocycles. The number of fused-ring (bicyclic) bond motifs is 1. The van der Waals surface area contributed by atoms with Gasteiger partial charge in [-0.3, -0.25) is 4.90 Å². The molecule has 3 heterocycles. The lowest BCUT2D eigenvalue weighted by Gasteiger charge is -2.36. The number of amides is 1. The Morgan fingerprint density at radius 1 is 1.29 bits per heavy atom. The molecule has 2 aromatic carbocycles. The third kappa shape index (κ3) is 4.04. The standard InChI is InChI=1S/C24H24FN3O6S/c1-13(28-12-24(10-26-11-24)34-23(28)31)16-4-3-5-17-19(21(22(29)30)27-20(16)17)14-6-7-15(18(25)8-14)9-35(2,32)33/h3-8,13,26-27H,9-12H2,1-2H3,(H,29,30). The van der Waals surface area contributed by atoms with Gasteiger partial charge in [0.25, 0.3) is 0 Å². The van der Waals surface area contributed by atoms with Crippen LogP contribution in [0.3, 0.4) is 0 Å². The molecule has 1 aromatic heterocycles. The van der Waals surface area contributed by atoms with Crippen LogP contribution in [0.5, 0.6) is 0 Å². The molecule has 5 rings (SSSR count). The highest BCUT2D eigenvalue weighted by atomic mass is 32.2. The number of carbonyl (C=O) groups is 2. The Balaban J connectivity index is 1.59. The average Bonchev–Trinajstić information content (AvgIpc) is 3.32. The van der Waals surface area contributed by atoms with Crippen molar-refractivity contribution in [3.63, 3.8) is 0 Å². The molecule has 0 aliphatic carbocycles. The maximum Gasteiger partial charge on any atom is 0.411 e. The number of nitrogens with one attached hydrogen (secondary N) is 2. The summed E-state index contributed by atoms with van der Waals surface area (Å²) in [5.74, 6) is -2.42. The normalized spacial score (nSPS) is 18.0. The van der Waals surface area contributed by atoms with E-state index < -0.39 is 45.1 Å². The van der Waals surface area contributed by atoms with Crippen molar-refractivity contribution in [2.45, 2.75) is 24.3 Å². The number of nitrogens with zero attached hydrogens (tertiary/aromatic N) is 1. The molecule has 11 heteroatoms. The number of aromatic amines is 1. The van der Waals surface area contributed by atoms with Crippen LogP contribution in [0.4, 0.5) is 9.18 Å². The fraction of sp³-hybridized carbons (Fsp3) is 0.333. The van der Waals surface area contributed by atoms with Crippen molar-refractivity contribution in [3.05, 3.63) is 59.0 Å². The summed E-state index contributed by atoms with van der Waals surface area (Å²) in [7, 11) is -3.44. The summed E-state index contributed by atoms with van der Waals surface area (Å²) < 4.78 is 43.6. The summed E-state index contributed by atoms with van der Waals surface area (Å²) in [5.41, 5.74) is 1.16. The number of rotatable bonds is 6. The number of carboxylic acids is 1. The number of sulfone groups is 1. The molecule has 35 heavy (non-hydrogen) atoms. The first-order valence-corrected chi connectivity index (χ1v) is 13.1. The van der Waals surface area contributed by atoms with Gasteiger partial charge in [0, 0.05) is 35.9 Å². The second-order valence-electron chi connectivity index (χ2n) is 9.28. The van der Waals surface area contributed by atoms with Gasteiger partial charge in [-0.15, -0.1) is 0 Å². The number of aromatic nitrogens is 1. The smallest absolute Gasteiger partial charge is 0.411 e. The molecule has 9 nitrogen and oxygen atoms in total. The Morgan fingerprint density at radius 2 is 2.03 bits per heavy atom. The number of H-pyrrole nitrogens is 1. The summed E-state index contributed by atoms with van der Waals surface area (Å²) in [5, 5.41) is 13.6. The Morgan fingerprint density at radius 3 is 2.60 bits per heavy atom.